The fraction of sp³-hybridized carbons (Fsp3) is 0.300. The van der Waals surface area contributed by atoms with Gasteiger partial charge in [0.05, 0.1) is 6.54 Å². The monoisotopic (exact) mass is 253 g/mol. The smallest absolute Gasteiger partial charge is 0.191 e. The van der Waals surface area contributed by atoms with Crippen molar-refractivity contribution in [1.29, 1.82) is 0 Å². The fourth-order valence-corrected chi connectivity index (χ4v) is 1.57. The molecule has 0 radical (unpaired) electrons. The molecule has 14 heavy (non-hydrogen) atoms. The zero-order valence-electron chi connectivity index (χ0n) is 7.76. The Kier molecular flexibility index (Phi) is 3.03. The van der Waals surface area contributed by atoms with Crippen LogP contribution in [0.4, 0.5) is 0 Å². The Balaban J connectivity index is 1.88. The molecule has 1 aliphatic rings. The summed E-state index contributed by atoms with van der Waals surface area (Å²) >= 11 is 3.41. The summed E-state index contributed by atoms with van der Waals surface area (Å²) in [5.41, 5.74) is 1.25. The molecule has 0 amide bonds. The quantitative estimate of drug-likeness (QED) is 0.839. The number of aliphatic imine (C=N–C) groups is 1. The van der Waals surface area contributed by atoms with E-state index in [4.69, 9.17) is 0 Å². The third kappa shape index (κ3) is 2.48. The second kappa shape index (κ2) is 4.46. The first kappa shape index (κ1) is 9.52. The van der Waals surface area contributed by atoms with E-state index in [1.54, 1.807) is 0 Å². The van der Waals surface area contributed by atoms with Gasteiger partial charge >= 0.3 is 0 Å². The van der Waals surface area contributed by atoms with E-state index in [1.807, 2.05) is 12.1 Å². The molecule has 0 saturated heterocycles. The Morgan fingerprint density at radius 1 is 1.36 bits per heavy atom. The molecule has 1 aromatic carbocycles. The minimum Gasteiger partial charge on any atom is -0.355 e. The highest BCUT2D eigenvalue weighted by molar-refractivity contribution is 9.10. The van der Waals surface area contributed by atoms with E-state index in [0.717, 1.165) is 30.1 Å². The van der Waals surface area contributed by atoms with Gasteiger partial charge in [0, 0.05) is 17.6 Å². The van der Waals surface area contributed by atoms with Crippen LogP contribution in [0.1, 0.15) is 5.56 Å². The molecule has 1 aromatic rings. The van der Waals surface area contributed by atoms with E-state index in [9.17, 15) is 0 Å². The van der Waals surface area contributed by atoms with E-state index in [2.05, 4.69) is 43.7 Å². The van der Waals surface area contributed by atoms with Crippen molar-refractivity contribution >= 4 is 21.9 Å². The summed E-state index contributed by atoms with van der Waals surface area (Å²) in [4.78, 5) is 4.25. The number of hydrogen-bond acceptors (Lipinski definition) is 3. The summed E-state index contributed by atoms with van der Waals surface area (Å²) in [6, 6.07) is 8.26. The van der Waals surface area contributed by atoms with E-state index < -0.39 is 0 Å². The number of guanidine groups is 1. The lowest BCUT2D eigenvalue weighted by Gasteiger charge is -2.06. The maximum Gasteiger partial charge on any atom is 0.191 e. The molecule has 1 heterocycles. The van der Waals surface area contributed by atoms with Crippen LogP contribution >= 0.6 is 15.9 Å². The second-order valence-electron chi connectivity index (χ2n) is 3.14. The highest BCUT2D eigenvalue weighted by Crippen LogP contribution is 2.10. The Hall–Kier alpha value is -1.03. The van der Waals surface area contributed by atoms with Crippen molar-refractivity contribution in [2.45, 2.75) is 6.54 Å². The summed E-state index contributed by atoms with van der Waals surface area (Å²) < 4.78 is 1.11. The van der Waals surface area contributed by atoms with Crippen molar-refractivity contribution in [2.24, 2.45) is 4.99 Å². The zero-order chi connectivity index (χ0) is 9.80. The SMILES string of the molecule is Brc1ccc(CNC2=NCCN2)cc1. The molecular formula is C10H12BrN3. The summed E-state index contributed by atoms with van der Waals surface area (Å²) in [5, 5.41) is 6.41. The second-order valence-corrected chi connectivity index (χ2v) is 4.05. The van der Waals surface area contributed by atoms with Crippen molar-refractivity contribution in [2.75, 3.05) is 13.1 Å². The summed E-state index contributed by atoms with van der Waals surface area (Å²) in [6.07, 6.45) is 0. The first-order valence-electron chi connectivity index (χ1n) is 4.61. The predicted octanol–water partition coefficient (Wildman–Crippen LogP) is 1.50. The van der Waals surface area contributed by atoms with Crippen molar-refractivity contribution in [3.8, 4) is 0 Å². The number of benzene rings is 1. The largest absolute Gasteiger partial charge is 0.355 e. The van der Waals surface area contributed by atoms with Gasteiger partial charge in [-0.3, -0.25) is 4.99 Å². The molecule has 0 unspecified atom stereocenters. The van der Waals surface area contributed by atoms with Crippen LogP contribution in [-0.2, 0) is 6.54 Å². The fourth-order valence-electron chi connectivity index (χ4n) is 1.30. The highest BCUT2D eigenvalue weighted by Gasteiger charge is 2.02. The van der Waals surface area contributed by atoms with Gasteiger partial charge in [0.15, 0.2) is 5.96 Å². The van der Waals surface area contributed by atoms with Crippen LogP contribution in [0.15, 0.2) is 33.7 Å². The van der Waals surface area contributed by atoms with Gasteiger partial charge < -0.3 is 10.6 Å². The molecule has 0 saturated carbocycles. The van der Waals surface area contributed by atoms with Crippen molar-refractivity contribution < 1.29 is 0 Å². The third-order valence-corrected chi connectivity index (χ3v) is 2.58. The maximum absolute atomic E-state index is 4.25. The summed E-state index contributed by atoms with van der Waals surface area (Å²) in [7, 11) is 0. The van der Waals surface area contributed by atoms with Gasteiger partial charge in [0.1, 0.15) is 0 Å². The summed E-state index contributed by atoms with van der Waals surface area (Å²) in [6.45, 7) is 2.64. The van der Waals surface area contributed by atoms with Crippen molar-refractivity contribution in [1.82, 2.24) is 10.6 Å². The number of halogens is 1. The predicted molar refractivity (Wildman–Crippen MR) is 61.3 cm³/mol. The normalized spacial score (nSPS) is 14.8. The van der Waals surface area contributed by atoms with E-state index in [1.165, 1.54) is 5.56 Å². The van der Waals surface area contributed by atoms with Gasteiger partial charge in [-0.1, -0.05) is 28.1 Å². The molecule has 0 aromatic heterocycles. The molecule has 2 N–H and O–H groups in total. The Morgan fingerprint density at radius 3 is 2.79 bits per heavy atom. The Labute approximate surface area is 91.7 Å². The number of nitrogens with zero attached hydrogens (tertiary/aromatic N) is 1. The minimum absolute atomic E-state index is 0.819. The van der Waals surface area contributed by atoms with Gasteiger partial charge in [-0.15, -0.1) is 0 Å². The van der Waals surface area contributed by atoms with Crippen LogP contribution in [0.25, 0.3) is 0 Å². The molecule has 0 atom stereocenters. The average Bonchev–Trinajstić information content (AvgIpc) is 2.70. The lowest BCUT2D eigenvalue weighted by Crippen LogP contribution is -2.33. The topological polar surface area (TPSA) is 36.4 Å². The molecule has 0 aliphatic carbocycles. The van der Waals surface area contributed by atoms with Crippen molar-refractivity contribution in [3.05, 3.63) is 34.3 Å². The lowest BCUT2D eigenvalue weighted by molar-refractivity contribution is 0.867. The molecule has 2 rings (SSSR count). The summed E-state index contributed by atoms with van der Waals surface area (Å²) in [5.74, 6) is 0.910. The maximum atomic E-state index is 4.25. The molecule has 0 bridgehead atoms. The van der Waals surface area contributed by atoms with Gasteiger partial charge in [0.2, 0.25) is 0 Å². The molecule has 4 heteroatoms. The number of hydrogen-bond donors (Lipinski definition) is 2. The van der Waals surface area contributed by atoms with E-state index in [0.29, 0.717) is 0 Å². The van der Waals surface area contributed by atoms with Crippen LogP contribution in [0.5, 0.6) is 0 Å². The third-order valence-electron chi connectivity index (χ3n) is 2.05. The lowest BCUT2D eigenvalue weighted by atomic mass is 10.2. The van der Waals surface area contributed by atoms with E-state index >= 15 is 0 Å². The molecule has 0 spiro atoms. The van der Waals surface area contributed by atoms with Gasteiger partial charge in [-0.05, 0) is 17.7 Å². The van der Waals surface area contributed by atoms with Crippen molar-refractivity contribution in [3.63, 3.8) is 0 Å². The molecule has 74 valence electrons. The number of nitrogens with one attached hydrogen (secondary N) is 2. The zero-order valence-corrected chi connectivity index (χ0v) is 9.34. The standard InChI is InChI=1S/C10H12BrN3/c11-9-3-1-8(2-4-9)7-14-10-12-5-6-13-10/h1-4H,5-7H2,(H2,12,13,14). The van der Waals surface area contributed by atoms with Gasteiger partial charge in [-0.25, -0.2) is 0 Å². The Morgan fingerprint density at radius 2 is 2.14 bits per heavy atom. The number of rotatable bonds is 2. The van der Waals surface area contributed by atoms with Crippen LogP contribution in [0.2, 0.25) is 0 Å². The van der Waals surface area contributed by atoms with Gasteiger partial charge in [0.25, 0.3) is 0 Å². The first-order chi connectivity index (χ1) is 6.84. The van der Waals surface area contributed by atoms with Crippen LogP contribution in [-0.4, -0.2) is 19.0 Å². The minimum atomic E-state index is 0.819. The molecule has 3 nitrogen and oxygen atoms in total. The molecular weight excluding hydrogens is 242 g/mol. The molecule has 1 aliphatic heterocycles. The Bertz CT molecular complexity index is 332. The van der Waals surface area contributed by atoms with Crippen LogP contribution < -0.4 is 10.6 Å². The highest BCUT2D eigenvalue weighted by atomic mass is 79.9. The van der Waals surface area contributed by atoms with E-state index in [-0.39, 0.29) is 0 Å². The van der Waals surface area contributed by atoms with Crippen LogP contribution in [0, 0.1) is 0 Å². The first-order valence-corrected chi connectivity index (χ1v) is 5.40. The van der Waals surface area contributed by atoms with Gasteiger partial charge in [-0.2, -0.15) is 0 Å². The van der Waals surface area contributed by atoms with Crippen LogP contribution in [0.3, 0.4) is 0 Å². The molecule has 0 fully saturated rings. The average molecular weight is 254 g/mol.